The zero-order valence-corrected chi connectivity index (χ0v) is 37.8. The lowest BCUT2D eigenvalue weighted by atomic mass is 10.0. The molecule has 4 rings (SSSR count). The van der Waals surface area contributed by atoms with Crippen molar-refractivity contribution in [3.05, 3.63) is 86.3 Å². The van der Waals surface area contributed by atoms with Gasteiger partial charge in [-0.3, -0.25) is 24.0 Å². The second kappa shape index (κ2) is 25.6. The van der Waals surface area contributed by atoms with E-state index < -0.39 is 12.4 Å². The first kappa shape index (κ1) is 49.4. The number of hydrogen-bond acceptors (Lipinski definition) is 7. The van der Waals surface area contributed by atoms with E-state index in [0.29, 0.717) is 42.2 Å². The predicted molar refractivity (Wildman–Crippen MR) is 236 cm³/mol. The first-order valence-electron chi connectivity index (χ1n) is 20.4. The number of nitrogens with zero attached hydrogens (tertiary/aromatic N) is 4. The molecule has 0 saturated heterocycles. The van der Waals surface area contributed by atoms with Crippen molar-refractivity contribution in [1.82, 2.24) is 19.7 Å². The monoisotopic (exact) mass is 824 g/mol. The third-order valence-corrected chi connectivity index (χ3v) is 10.1. The van der Waals surface area contributed by atoms with Gasteiger partial charge in [0.15, 0.2) is 5.78 Å². The maximum atomic E-state index is 13.5. The number of allylic oxidation sites excluding steroid dienone is 2. The average Bonchev–Trinajstić information content (AvgIpc) is 3.70. The summed E-state index contributed by atoms with van der Waals surface area (Å²) in [7, 11) is 0. The molecule has 0 bridgehead atoms. The van der Waals surface area contributed by atoms with Gasteiger partial charge < -0.3 is 9.64 Å². The fraction of sp³-hybridized carbons (Fsp3) is 0.543. The smallest absolute Gasteiger partial charge is 0.255 e. The fourth-order valence-electron chi connectivity index (χ4n) is 6.48. The highest BCUT2D eigenvalue weighted by Crippen LogP contribution is 2.29. The van der Waals surface area contributed by atoms with Crippen LogP contribution in [0.1, 0.15) is 147 Å². The molecule has 1 aliphatic heterocycles. The van der Waals surface area contributed by atoms with Crippen LogP contribution < -0.4 is 15.3 Å². The number of fused-ring (bicyclic) bond motifs is 1. The van der Waals surface area contributed by atoms with Crippen LogP contribution in [-0.4, -0.2) is 62.0 Å². The van der Waals surface area contributed by atoms with Crippen LogP contribution in [-0.2, 0) is 22.7 Å². The maximum Gasteiger partial charge on any atom is 0.255 e. The van der Waals surface area contributed by atoms with Crippen LogP contribution in [0.4, 0.5) is 4.39 Å². The van der Waals surface area contributed by atoms with Gasteiger partial charge in [0.1, 0.15) is 11.5 Å². The number of ether oxygens (including phenoxy) is 1. The van der Waals surface area contributed by atoms with E-state index in [4.69, 9.17) is 21.4 Å². The van der Waals surface area contributed by atoms with Crippen LogP contribution in [0.15, 0.2) is 48.3 Å². The number of benzene rings is 1. The third-order valence-electron chi connectivity index (χ3n) is 9.77. The number of hydrogen-bond donors (Lipinski definition) is 0. The van der Waals surface area contributed by atoms with E-state index in [1.165, 1.54) is 32.9 Å². The molecule has 0 fully saturated rings. The van der Waals surface area contributed by atoms with Gasteiger partial charge in [0.2, 0.25) is 6.36 Å². The Kier molecular flexibility index (Phi) is 22.2. The number of thioether (sulfide) groups is 1. The van der Waals surface area contributed by atoms with Gasteiger partial charge in [-0.05, 0) is 75.2 Å². The second-order valence-corrected chi connectivity index (χ2v) is 16.0. The summed E-state index contributed by atoms with van der Waals surface area (Å²) in [5, 5.41) is 6.88. The van der Waals surface area contributed by atoms with Crippen molar-refractivity contribution in [2.24, 2.45) is 5.92 Å². The summed E-state index contributed by atoms with van der Waals surface area (Å²) in [6.45, 7) is 18.5. The number of carbonyl (C=O) groups is 3. The lowest BCUT2D eigenvalue weighted by Gasteiger charge is -2.25. The van der Waals surface area contributed by atoms with Gasteiger partial charge in [-0.2, -0.15) is 16.9 Å². The van der Waals surface area contributed by atoms with Gasteiger partial charge in [-0.25, -0.2) is 4.39 Å². The van der Waals surface area contributed by atoms with Crippen LogP contribution in [0.5, 0.6) is 5.75 Å². The third kappa shape index (κ3) is 15.2. The number of pyridine rings is 1. The molecular formula is C46H66ClFN4O4S. The Hall–Kier alpha value is -3.76. The Balaban J connectivity index is 0.00000112. The molecule has 11 heteroatoms. The Morgan fingerprint density at radius 1 is 1.00 bits per heavy atom. The quantitative estimate of drug-likeness (QED) is 0.126. The van der Waals surface area contributed by atoms with E-state index in [9.17, 15) is 18.8 Å². The van der Waals surface area contributed by atoms with Gasteiger partial charge in [0, 0.05) is 48.7 Å². The molecule has 2 unspecified atom stereocenters. The van der Waals surface area contributed by atoms with Crippen molar-refractivity contribution in [3.63, 3.8) is 0 Å². The van der Waals surface area contributed by atoms with Crippen LogP contribution >= 0.6 is 23.4 Å². The topological polar surface area (TPSA) is 94.4 Å². The van der Waals surface area contributed by atoms with Crippen molar-refractivity contribution < 1.29 is 23.5 Å². The minimum Gasteiger partial charge on any atom is -0.459 e. The molecule has 0 radical (unpaired) electrons. The average molecular weight is 826 g/mol. The molecule has 2 aromatic heterocycles. The van der Waals surface area contributed by atoms with Crippen LogP contribution in [0.25, 0.3) is 11.6 Å². The predicted octanol–water partition coefficient (Wildman–Crippen LogP) is 10.3. The summed E-state index contributed by atoms with van der Waals surface area (Å²) in [6, 6.07) is 6.69. The minimum absolute atomic E-state index is 0.111. The summed E-state index contributed by atoms with van der Waals surface area (Å²) >= 11 is 8.48. The van der Waals surface area contributed by atoms with E-state index in [0.717, 1.165) is 64.4 Å². The van der Waals surface area contributed by atoms with Crippen molar-refractivity contribution in [2.45, 2.75) is 146 Å². The van der Waals surface area contributed by atoms with E-state index in [2.05, 4.69) is 58.7 Å². The van der Waals surface area contributed by atoms with Crippen molar-refractivity contribution >= 4 is 52.5 Å². The standard InChI is InChI=1S/C38H46ClFN4O4.C6H14.C2H6S/c1-7-10-24(4)17-32(37-34(39)19-30(20-41-37)48-26(6)40)33-21-42-44(36(33)12-9-3)22-27-13-15-31-28(18-27)23-43(38(31)47)35(25(5)45)16-14-29(46)11-8-2;1-4-6(3)5-2;1-3-2/h12-13,15,17-21,26,35H,7-11,14,16,22-23H2,1-6H3;6H,4-5H2,1-3H3;1-2H3/b24-17+,33-32+,36-12+;;. The lowest BCUT2D eigenvalue weighted by molar-refractivity contribution is -0.122. The molecule has 2 atom stereocenters. The van der Waals surface area contributed by atoms with Crippen molar-refractivity contribution in [3.8, 4) is 5.75 Å². The molecule has 57 heavy (non-hydrogen) atoms. The summed E-state index contributed by atoms with van der Waals surface area (Å²) in [6.07, 6.45) is 17.2. The maximum absolute atomic E-state index is 13.5. The van der Waals surface area contributed by atoms with Gasteiger partial charge in [-0.15, -0.1) is 0 Å². The van der Waals surface area contributed by atoms with E-state index in [-0.39, 0.29) is 29.6 Å². The Morgan fingerprint density at radius 2 is 1.67 bits per heavy atom. The highest BCUT2D eigenvalue weighted by molar-refractivity contribution is 7.97. The zero-order valence-electron chi connectivity index (χ0n) is 36.2. The van der Waals surface area contributed by atoms with E-state index in [1.54, 1.807) is 22.7 Å². The molecule has 0 aliphatic carbocycles. The number of aromatic nitrogens is 3. The lowest BCUT2D eigenvalue weighted by Crippen LogP contribution is -2.40. The fourth-order valence-corrected chi connectivity index (χ4v) is 6.74. The summed E-state index contributed by atoms with van der Waals surface area (Å²) in [5.74, 6) is 0.992. The zero-order chi connectivity index (χ0) is 42.7. The number of Topliss-reactive ketones (excluding diaryl/α,β-unsaturated/α-hetero) is 2. The molecule has 1 aromatic carbocycles. The Morgan fingerprint density at radius 3 is 2.21 bits per heavy atom. The van der Waals surface area contributed by atoms with Gasteiger partial charge in [0.05, 0.1) is 41.0 Å². The largest absolute Gasteiger partial charge is 0.459 e. The van der Waals surface area contributed by atoms with Crippen LogP contribution in [0.3, 0.4) is 0 Å². The summed E-state index contributed by atoms with van der Waals surface area (Å²) < 4.78 is 20.6. The molecule has 3 heterocycles. The van der Waals surface area contributed by atoms with E-state index in [1.807, 2.05) is 48.5 Å². The second-order valence-electron chi connectivity index (χ2n) is 14.7. The minimum atomic E-state index is -1.50. The van der Waals surface area contributed by atoms with Crippen LogP contribution in [0, 0.1) is 5.92 Å². The highest BCUT2D eigenvalue weighted by Gasteiger charge is 2.35. The Labute approximate surface area is 350 Å². The van der Waals surface area contributed by atoms with Crippen molar-refractivity contribution in [2.75, 3.05) is 12.5 Å². The Bertz CT molecular complexity index is 1920. The molecular weight excluding hydrogens is 759 g/mol. The first-order valence-corrected chi connectivity index (χ1v) is 22.5. The number of ketones is 2. The number of halogens is 2. The molecule has 3 aromatic rings. The number of carbonyl (C=O) groups excluding carboxylic acids is 3. The number of rotatable bonds is 18. The molecule has 1 aliphatic rings. The molecule has 1 amide bonds. The SMILES string of the molecule is CCC(C)CC.CC\C=c1/c(=C(\C=C(/C)CCC)c2ncc(OC(C)F)cc2Cl)cnn1Cc1ccc2c(c1)CN(C(CCC(=O)CCC)C(C)=O)C2=O.CSC. The molecule has 0 N–H and O–H groups in total. The van der Waals surface area contributed by atoms with Gasteiger partial charge in [0.25, 0.3) is 5.91 Å². The van der Waals surface area contributed by atoms with Crippen LogP contribution in [0.2, 0.25) is 5.02 Å². The molecule has 314 valence electrons. The number of amides is 1. The molecule has 8 nitrogen and oxygen atoms in total. The van der Waals surface area contributed by atoms with Gasteiger partial charge >= 0.3 is 0 Å². The molecule has 0 spiro atoms. The summed E-state index contributed by atoms with van der Waals surface area (Å²) in [5.41, 5.74) is 4.89. The summed E-state index contributed by atoms with van der Waals surface area (Å²) in [4.78, 5) is 44.4. The highest BCUT2D eigenvalue weighted by atomic mass is 35.5. The van der Waals surface area contributed by atoms with E-state index >= 15 is 0 Å². The first-order chi connectivity index (χ1) is 27.2. The van der Waals surface area contributed by atoms with Crippen molar-refractivity contribution in [1.29, 1.82) is 0 Å². The van der Waals surface area contributed by atoms with Gasteiger partial charge in [-0.1, -0.05) is 102 Å². The number of alkyl halides is 1. The normalized spacial score (nSPS) is 14.4. The molecule has 0 saturated carbocycles.